The molecule has 0 aromatic rings. The third kappa shape index (κ3) is 5.36. The van der Waals surface area contributed by atoms with E-state index in [2.05, 4.69) is 17.8 Å². The Morgan fingerprint density at radius 3 is 2.75 bits per heavy atom. The summed E-state index contributed by atoms with van der Waals surface area (Å²) in [5.74, 6) is 0. The largest absolute Gasteiger partial charge is 0.447 e. The molecule has 0 amide bonds. The lowest BCUT2D eigenvalue weighted by Gasteiger charge is -1.93. The van der Waals surface area contributed by atoms with Gasteiger partial charge in [0, 0.05) is 0 Å². The van der Waals surface area contributed by atoms with Crippen LogP contribution in [0.2, 0.25) is 0 Å². The molecule has 0 N–H and O–H groups in total. The van der Waals surface area contributed by atoms with Crippen LogP contribution in [0.1, 0.15) is 26.2 Å². The molecule has 1 heteroatoms. The van der Waals surface area contributed by atoms with E-state index in [1.54, 1.807) is 0 Å². The zero-order chi connectivity index (χ0) is 6.24. The van der Waals surface area contributed by atoms with E-state index in [0.29, 0.717) is 6.61 Å². The van der Waals surface area contributed by atoms with E-state index in [1.807, 2.05) is 0 Å². The summed E-state index contributed by atoms with van der Waals surface area (Å²) in [5, 5.41) is 0. The molecule has 0 saturated carbocycles. The maximum absolute atomic E-state index is 4.84. The Labute approximate surface area is 51.0 Å². The Kier molecular flexibility index (Phi) is 5.85. The summed E-state index contributed by atoms with van der Waals surface area (Å²) in [6, 6.07) is 0. The molecule has 0 spiro atoms. The maximum atomic E-state index is 4.84. The van der Waals surface area contributed by atoms with Crippen molar-refractivity contribution in [2.45, 2.75) is 26.2 Å². The zero-order valence-corrected chi connectivity index (χ0v) is 5.31. The van der Waals surface area contributed by atoms with Gasteiger partial charge in [0.05, 0.1) is 0 Å². The Bertz CT molecular complexity index is 70.9. The molecule has 0 aliphatic rings. The molecule has 46 valence electrons. The lowest BCUT2D eigenvalue weighted by Crippen LogP contribution is -1.85. The van der Waals surface area contributed by atoms with Crippen LogP contribution in [0.25, 0.3) is 0 Å². The van der Waals surface area contributed by atoms with E-state index >= 15 is 0 Å². The molecule has 0 aromatic heterocycles. The van der Waals surface area contributed by atoms with Gasteiger partial charge in [-0.3, -0.25) is 0 Å². The second-order valence-electron chi connectivity index (χ2n) is 1.67. The molecule has 0 aliphatic heterocycles. The fraction of sp³-hybridized carbons (Fsp3) is 0.714. The van der Waals surface area contributed by atoms with Crippen LogP contribution in [-0.4, -0.2) is 6.61 Å². The number of ether oxygens (including phenoxy) is 1. The van der Waals surface area contributed by atoms with Crippen LogP contribution < -0.4 is 0 Å². The van der Waals surface area contributed by atoms with Gasteiger partial charge in [0.15, 0.2) is 0 Å². The molecular weight excluding hydrogens is 100 g/mol. The first-order valence-electron chi connectivity index (χ1n) is 2.99. The molecule has 0 heterocycles. The lowest BCUT2D eigenvalue weighted by molar-refractivity contribution is 0.269. The third-order valence-corrected chi connectivity index (χ3v) is 0.933. The van der Waals surface area contributed by atoms with Crippen LogP contribution in [0.5, 0.6) is 0 Å². The Hall–Kier alpha value is -0.640. The van der Waals surface area contributed by atoms with Crippen LogP contribution in [0.4, 0.5) is 0 Å². The van der Waals surface area contributed by atoms with Crippen LogP contribution in [0.15, 0.2) is 0 Å². The molecule has 1 nitrogen and oxygen atoms in total. The van der Waals surface area contributed by atoms with Crippen LogP contribution in [0, 0.1) is 12.5 Å². The molecule has 0 aromatic carbocycles. The second-order valence-corrected chi connectivity index (χ2v) is 1.67. The topological polar surface area (TPSA) is 9.23 Å². The first-order valence-corrected chi connectivity index (χ1v) is 2.99. The van der Waals surface area contributed by atoms with Gasteiger partial charge in [-0.25, -0.2) is 0 Å². The van der Waals surface area contributed by atoms with E-state index in [-0.39, 0.29) is 0 Å². The summed E-state index contributed by atoms with van der Waals surface area (Å²) < 4.78 is 4.66. The van der Waals surface area contributed by atoms with Crippen molar-refractivity contribution < 1.29 is 4.74 Å². The van der Waals surface area contributed by atoms with Gasteiger partial charge >= 0.3 is 0 Å². The van der Waals surface area contributed by atoms with Crippen molar-refractivity contribution in [3.63, 3.8) is 0 Å². The minimum Gasteiger partial charge on any atom is -0.447 e. The molecule has 0 fully saturated rings. The fourth-order valence-corrected chi connectivity index (χ4v) is 0.483. The lowest BCUT2D eigenvalue weighted by atomic mass is 10.3. The number of terminal acetylenes is 1. The normalized spacial score (nSPS) is 8.00. The minimum atomic E-state index is 0.713. The van der Waals surface area contributed by atoms with Crippen molar-refractivity contribution in [3.8, 4) is 12.5 Å². The monoisotopic (exact) mass is 112 g/mol. The van der Waals surface area contributed by atoms with Crippen molar-refractivity contribution >= 4 is 0 Å². The van der Waals surface area contributed by atoms with Crippen LogP contribution >= 0.6 is 0 Å². The van der Waals surface area contributed by atoms with Gasteiger partial charge in [0.1, 0.15) is 12.7 Å². The molecule has 0 unspecified atom stereocenters. The predicted octanol–water partition coefficient (Wildman–Crippen LogP) is 1.78. The van der Waals surface area contributed by atoms with Crippen LogP contribution in [0.3, 0.4) is 0 Å². The fourth-order valence-electron chi connectivity index (χ4n) is 0.483. The summed E-state index contributed by atoms with van der Waals surface area (Å²) in [5.41, 5.74) is 0. The van der Waals surface area contributed by atoms with Crippen molar-refractivity contribution in [2.24, 2.45) is 0 Å². The third-order valence-electron chi connectivity index (χ3n) is 0.933. The maximum Gasteiger partial charge on any atom is 0.106 e. The molecule has 0 radical (unpaired) electrons. The zero-order valence-electron chi connectivity index (χ0n) is 5.31. The van der Waals surface area contributed by atoms with Gasteiger partial charge in [-0.15, -0.1) is 0 Å². The summed E-state index contributed by atoms with van der Waals surface area (Å²) >= 11 is 0. The highest BCUT2D eigenvalue weighted by molar-refractivity contribution is 4.67. The molecule has 0 rings (SSSR count). The summed E-state index contributed by atoms with van der Waals surface area (Å²) in [4.78, 5) is 0. The second kappa shape index (κ2) is 6.36. The smallest absolute Gasteiger partial charge is 0.106 e. The van der Waals surface area contributed by atoms with E-state index in [9.17, 15) is 0 Å². The van der Waals surface area contributed by atoms with Gasteiger partial charge < -0.3 is 4.74 Å². The van der Waals surface area contributed by atoms with Gasteiger partial charge in [-0.1, -0.05) is 26.2 Å². The number of hydrogen-bond donors (Lipinski definition) is 0. The predicted molar refractivity (Wildman–Crippen MR) is 34.3 cm³/mol. The summed E-state index contributed by atoms with van der Waals surface area (Å²) in [7, 11) is 0. The van der Waals surface area contributed by atoms with E-state index in [1.165, 1.54) is 12.8 Å². The number of hydrogen-bond acceptors (Lipinski definition) is 1. The molecule has 0 atom stereocenters. The number of unbranched alkanes of at least 4 members (excludes halogenated alkanes) is 2. The molecule has 0 aliphatic carbocycles. The van der Waals surface area contributed by atoms with Gasteiger partial charge in [-0.05, 0) is 6.42 Å². The average Bonchev–Trinajstić information content (AvgIpc) is 1.81. The van der Waals surface area contributed by atoms with E-state index in [0.717, 1.165) is 6.42 Å². The highest BCUT2D eigenvalue weighted by Gasteiger charge is 1.81. The number of rotatable bonds is 4. The highest BCUT2D eigenvalue weighted by atomic mass is 16.5. The molecule has 0 bridgehead atoms. The first-order chi connectivity index (χ1) is 3.91. The van der Waals surface area contributed by atoms with Crippen molar-refractivity contribution in [1.82, 2.24) is 0 Å². The van der Waals surface area contributed by atoms with Gasteiger partial charge in [0.2, 0.25) is 0 Å². The van der Waals surface area contributed by atoms with Gasteiger partial charge in [0.25, 0.3) is 0 Å². The quantitative estimate of drug-likeness (QED) is 0.398. The van der Waals surface area contributed by atoms with E-state index in [4.69, 9.17) is 6.42 Å². The highest BCUT2D eigenvalue weighted by Crippen LogP contribution is 1.92. The summed E-state index contributed by atoms with van der Waals surface area (Å²) in [6.45, 7) is 2.86. The Balaban J connectivity index is 2.65. The molecule has 8 heavy (non-hydrogen) atoms. The van der Waals surface area contributed by atoms with Crippen molar-refractivity contribution in [1.29, 1.82) is 0 Å². The molecule has 0 saturated heterocycles. The van der Waals surface area contributed by atoms with Crippen LogP contribution in [-0.2, 0) is 4.74 Å². The van der Waals surface area contributed by atoms with E-state index < -0.39 is 0 Å². The Morgan fingerprint density at radius 2 is 2.25 bits per heavy atom. The minimum absolute atomic E-state index is 0.713. The van der Waals surface area contributed by atoms with Crippen molar-refractivity contribution in [2.75, 3.05) is 6.61 Å². The van der Waals surface area contributed by atoms with Gasteiger partial charge in [-0.2, -0.15) is 0 Å². The molecular formula is C7H12O. The summed E-state index contributed by atoms with van der Waals surface area (Å²) in [6.07, 6.45) is 10.5. The standard InChI is InChI=1S/C7H12O/c1-3-5-6-7-8-4-2/h2H,3,5-7H2,1H3. The Morgan fingerprint density at radius 1 is 1.50 bits per heavy atom. The van der Waals surface area contributed by atoms with Crippen molar-refractivity contribution in [3.05, 3.63) is 0 Å². The average molecular weight is 112 g/mol. The first kappa shape index (κ1) is 7.36. The SMILES string of the molecule is C#COCCCCC.